The van der Waals surface area contributed by atoms with E-state index in [-0.39, 0.29) is 5.56 Å². The second-order valence-electron chi connectivity index (χ2n) is 3.43. The summed E-state index contributed by atoms with van der Waals surface area (Å²) in [5, 5.41) is 2.61. The van der Waals surface area contributed by atoms with Crippen LogP contribution in [0.1, 0.15) is 10.4 Å². The number of pyridine rings is 1. The molecule has 1 amide bonds. The van der Waals surface area contributed by atoms with Crippen LogP contribution in [-0.2, 0) is 0 Å². The Hall–Kier alpha value is -1.27. The Labute approximate surface area is 120 Å². The second-order valence-corrected chi connectivity index (χ2v) is 5.20. The maximum Gasteiger partial charge on any atom is 0.258 e. The van der Waals surface area contributed by atoms with Crippen LogP contribution in [0.3, 0.4) is 0 Å². The molecule has 2 aromatic rings. The summed E-state index contributed by atoms with van der Waals surface area (Å²) in [5.74, 6) is -1.08. The van der Waals surface area contributed by atoms with Gasteiger partial charge >= 0.3 is 0 Å². The van der Waals surface area contributed by atoms with Crippen molar-refractivity contribution in [2.24, 2.45) is 0 Å². The zero-order valence-electron chi connectivity index (χ0n) is 8.95. The predicted octanol–water partition coefficient (Wildman–Crippen LogP) is 4.00. The summed E-state index contributed by atoms with van der Waals surface area (Å²) in [5.41, 5.74) is 0.516. The van der Waals surface area contributed by atoms with Crippen LogP contribution < -0.4 is 5.32 Å². The van der Waals surface area contributed by atoms with Crippen molar-refractivity contribution in [1.82, 2.24) is 4.98 Å². The fourth-order valence-electron chi connectivity index (χ4n) is 1.34. The van der Waals surface area contributed by atoms with Crippen LogP contribution in [0.2, 0.25) is 0 Å². The molecule has 6 heteroatoms. The van der Waals surface area contributed by atoms with Crippen LogP contribution in [0.5, 0.6) is 0 Å². The Morgan fingerprint density at radius 2 is 2.06 bits per heavy atom. The molecule has 0 atom stereocenters. The third-order valence-electron chi connectivity index (χ3n) is 2.19. The molecule has 92 valence electrons. The zero-order valence-corrected chi connectivity index (χ0v) is 12.1. The first-order valence-electron chi connectivity index (χ1n) is 4.94. The van der Waals surface area contributed by atoms with E-state index in [9.17, 15) is 9.18 Å². The lowest BCUT2D eigenvalue weighted by Gasteiger charge is -2.07. The van der Waals surface area contributed by atoms with Gasteiger partial charge in [0.15, 0.2) is 0 Å². The summed E-state index contributed by atoms with van der Waals surface area (Å²) in [6.07, 6.45) is 3.09. The molecule has 0 aliphatic carbocycles. The zero-order chi connectivity index (χ0) is 13.1. The first-order valence-corrected chi connectivity index (χ1v) is 6.52. The van der Waals surface area contributed by atoms with Crippen LogP contribution >= 0.6 is 31.9 Å². The van der Waals surface area contributed by atoms with E-state index in [1.807, 2.05) is 0 Å². The quantitative estimate of drug-likeness (QED) is 0.864. The lowest BCUT2D eigenvalue weighted by Crippen LogP contribution is -2.14. The standard InChI is InChI=1S/C12H7Br2FN2O/c13-7-1-2-10(15)8(5-7)12(18)17-11-3-4-16-6-9(11)14/h1-6H,(H,16,17,18). The molecule has 0 aliphatic heterocycles. The van der Waals surface area contributed by atoms with Gasteiger partial charge in [0.2, 0.25) is 0 Å². The van der Waals surface area contributed by atoms with Gasteiger partial charge in [0.25, 0.3) is 5.91 Å². The molecule has 0 spiro atoms. The molecule has 0 fully saturated rings. The van der Waals surface area contributed by atoms with Crippen molar-refractivity contribution in [3.8, 4) is 0 Å². The van der Waals surface area contributed by atoms with E-state index in [0.29, 0.717) is 14.6 Å². The molecule has 18 heavy (non-hydrogen) atoms. The fourth-order valence-corrected chi connectivity index (χ4v) is 2.05. The second kappa shape index (κ2) is 5.58. The minimum absolute atomic E-state index is 0.0203. The smallest absolute Gasteiger partial charge is 0.258 e. The predicted molar refractivity (Wildman–Crippen MR) is 74.0 cm³/mol. The fraction of sp³-hybridized carbons (Fsp3) is 0. The number of anilines is 1. The highest BCUT2D eigenvalue weighted by molar-refractivity contribution is 9.10. The lowest BCUT2D eigenvalue weighted by molar-refractivity contribution is 0.102. The normalized spacial score (nSPS) is 10.2. The number of nitrogens with one attached hydrogen (secondary N) is 1. The summed E-state index contributed by atoms with van der Waals surface area (Å²) in [6.45, 7) is 0. The molecule has 0 aliphatic rings. The van der Waals surface area contributed by atoms with Crippen molar-refractivity contribution < 1.29 is 9.18 Å². The third kappa shape index (κ3) is 2.94. The summed E-state index contributed by atoms with van der Waals surface area (Å²) < 4.78 is 14.8. The van der Waals surface area contributed by atoms with Gasteiger partial charge in [-0.25, -0.2) is 4.39 Å². The first kappa shape index (κ1) is 13.2. The van der Waals surface area contributed by atoms with E-state index < -0.39 is 11.7 Å². The molecule has 0 saturated heterocycles. The topological polar surface area (TPSA) is 42.0 Å². The van der Waals surface area contributed by atoms with E-state index in [1.54, 1.807) is 12.3 Å². The van der Waals surface area contributed by atoms with Gasteiger partial charge in [-0.1, -0.05) is 15.9 Å². The van der Waals surface area contributed by atoms with Gasteiger partial charge in [0.1, 0.15) is 5.82 Å². The monoisotopic (exact) mass is 372 g/mol. The molecule has 0 bridgehead atoms. The number of hydrogen-bond donors (Lipinski definition) is 1. The number of rotatable bonds is 2. The highest BCUT2D eigenvalue weighted by atomic mass is 79.9. The average Bonchev–Trinajstić information content (AvgIpc) is 2.35. The molecular weight excluding hydrogens is 367 g/mol. The Kier molecular flexibility index (Phi) is 4.08. The van der Waals surface area contributed by atoms with Gasteiger partial charge in [-0.15, -0.1) is 0 Å². The van der Waals surface area contributed by atoms with Crippen LogP contribution in [-0.4, -0.2) is 10.9 Å². The molecule has 0 unspecified atom stereocenters. The minimum atomic E-state index is -0.569. The Morgan fingerprint density at radius 3 is 2.78 bits per heavy atom. The number of carbonyl (C=O) groups is 1. The van der Waals surface area contributed by atoms with Crippen LogP contribution in [0.4, 0.5) is 10.1 Å². The van der Waals surface area contributed by atoms with Gasteiger partial charge in [-0.05, 0) is 40.2 Å². The van der Waals surface area contributed by atoms with Gasteiger partial charge < -0.3 is 5.32 Å². The van der Waals surface area contributed by atoms with Crippen molar-refractivity contribution in [2.45, 2.75) is 0 Å². The SMILES string of the molecule is O=C(Nc1ccncc1Br)c1cc(Br)ccc1F. The number of nitrogens with zero attached hydrogens (tertiary/aromatic N) is 1. The number of hydrogen-bond acceptors (Lipinski definition) is 2. The number of carbonyl (C=O) groups excluding carboxylic acids is 1. The highest BCUT2D eigenvalue weighted by Crippen LogP contribution is 2.22. The number of benzene rings is 1. The van der Waals surface area contributed by atoms with E-state index in [0.717, 1.165) is 0 Å². The van der Waals surface area contributed by atoms with Crippen LogP contribution in [0.15, 0.2) is 45.6 Å². The first-order chi connectivity index (χ1) is 8.58. The molecule has 1 aromatic heterocycles. The summed E-state index contributed by atoms with van der Waals surface area (Å²) >= 11 is 6.45. The Bertz CT molecular complexity index is 604. The van der Waals surface area contributed by atoms with Crippen molar-refractivity contribution in [1.29, 1.82) is 0 Å². The van der Waals surface area contributed by atoms with E-state index in [2.05, 4.69) is 42.2 Å². The van der Waals surface area contributed by atoms with E-state index in [4.69, 9.17) is 0 Å². The third-order valence-corrected chi connectivity index (χ3v) is 3.32. The Morgan fingerprint density at radius 1 is 1.28 bits per heavy atom. The summed E-state index contributed by atoms with van der Waals surface area (Å²) in [7, 11) is 0. The molecule has 1 heterocycles. The van der Waals surface area contributed by atoms with E-state index >= 15 is 0 Å². The number of amides is 1. The van der Waals surface area contributed by atoms with Crippen LogP contribution in [0.25, 0.3) is 0 Å². The van der Waals surface area contributed by atoms with Gasteiger partial charge in [0, 0.05) is 16.9 Å². The lowest BCUT2D eigenvalue weighted by atomic mass is 10.2. The largest absolute Gasteiger partial charge is 0.321 e. The van der Waals surface area contributed by atoms with Crippen molar-refractivity contribution in [3.05, 3.63) is 57.0 Å². The molecule has 1 N–H and O–H groups in total. The molecular formula is C12H7Br2FN2O. The van der Waals surface area contributed by atoms with Crippen molar-refractivity contribution in [2.75, 3.05) is 5.32 Å². The van der Waals surface area contributed by atoms with Crippen molar-refractivity contribution >= 4 is 43.5 Å². The minimum Gasteiger partial charge on any atom is -0.321 e. The number of aromatic nitrogens is 1. The summed E-state index contributed by atoms with van der Waals surface area (Å²) in [4.78, 5) is 15.8. The van der Waals surface area contributed by atoms with Crippen molar-refractivity contribution in [3.63, 3.8) is 0 Å². The summed E-state index contributed by atoms with van der Waals surface area (Å²) in [6, 6.07) is 5.83. The molecule has 1 aromatic carbocycles. The average molecular weight is 374 g/mol. The molecule has 3 nitrogen and oxygen atoms in total. The van der Waals surface area contributed by atoms with Gasteiger partial charge in [-0.2, -0.15) is 0 Å². The molecule has 0 radical (unpaired) electrons. The maximum atomic E-state index is 13.5. The van der Waals surface area contributed by atoms with Crippen LogP contribution in [0, 0.1) is 5.82 Å². The van der Waals surface area contributed by atoms with E-state index in [1.165, 1.54) is 24.4 Å². The number of halogens is 3. The Balaban J connectivity index is 2.28. The maximum absolute atomic E-state index is 13.5. The highest BCUT2D eigenvalue weighted by Gasteiger charge is 2.13. The van der Waals surface area contributed by atoms with Gasteiger partial charge in [-0.3, -0.25) is 9.78 Å². The molecule has 2 rings (SSSR count). The van der Waals surface area contributed by atoms with Gasteiger partial charge in [0.05, 0.1) is 15.7 Å². The molecule has 0 saturated carbocycles.